The minimum absolute atomic E-state index is 0.00913. The molecule has 1 atom stereocenters. The molecule has 4 rings (SSSR count). The van der Waals surface area contributed by atoms with Gasteiger partial charge in [-0.05, 0) is 65.1 Å². The van der Waals surface area contributed by atoms with Crippen molar-refractivity contribution in [3.8, 4) is 0 Å². The first-order valence-electron chi connectivity index (χ1n) is 12.8. The maximum Gasteiger partial charge on any atom is 0.264 e. The van der Waals surface area contributed by atoms with Crippen molar-refractivity contribution in [1.82, 2.24) is 10.0 Å². The Balaban J connectivity index is 1.51. The molecule has 202 valence electrons. The summed E-state index contributed by atoms with van der Waals surface area (Å²) in [4.78, 5) is 24.0. The Morgan fingerprint density at radius 1 is 0.725 bits per heavy atom. The van der Waals surface area contributed by atoms with Crippen LogP contribution in [0.2, 0.25) is 0 Å². The molecule has 6 nitrogen and oxygen atoms in total. The molecule has 4 aromatic rings. The Bertz CT molecular complexity index is 1630. The minimum atomic E-state index is -4.09. The van der Waals surface area contributed by atoms with Gasteiger partial charge in [-0.3, -0.25) is 9.59 Å². The lowest BCUT2D eigenvalue weighted by Gasteiger charge is -2.22. The monoisotopic (exact) mass is 550 g/mol. The van der Waals surface area contributed by atoms with E-state index in [4.69, 9.17) is 0 Å². The topological polar surface area (TPSA) is 92.3 Å². The zero-order valence-corrected chi connectivity index (χ0v) is 23.1. The number of sulfonamides is 1. The van der Waals surface area contributed by atoms with Crippen LogP contribution in [-0.2, 0) is 14.8 Å². The van der Waals surface area contributed by atoms with Crippen LogP contribution in [0.4, 0.5) is 0 Å². The maximum atomic E-state index is 12.6. The summed E-state index contributed by atoms with van der Waals surface area (Å²) in [7, 11) is -2.60. The van der Waals surface area contributed by atoms with Crippen molar-refractivity contribution in [3.63, 3.8) is 0 Å². The molecule has 0 aromatic heterocycles. The van der Waals surface area contributed by atoms with Gasteiger partial charge in [0.25, 0.3) is 21.8 Å². The Kier molecular flexibility index (Phi) is 9.09. The highest BCUT2D eigenvalue weighted by Crippen LogP contribution is 2.37. The summed E-state index contributed by atoms with van der Waals surface area (Å²) in [5.41, 5.74) is 5.64. The van der Waals surface area contributed by atoms with E-state index in [9.17, 15) is 18.0 Å². The minimum Gasteiger partial charge on any atom is -0.355 e. The molecule has 0 saturated carbocycles. The largest absolute Gasteiger partial charge is 0.355 e. The molecule has 0 heterocycles. The standard InChI is InChI=1S/C33H30N2O4S/c1-3-30(25-10-6-4-7-11-25)32(26-12-8-5-9-13-26)27-17-14-24(15-18-27)16-23-31(36)35-40(38,39)29-21-19-28(20-22-29)33(37)34-2/h3-23,32H,1-2H3,(H,34,37)(H,35,36). The first kappa shape index (κ1) is 28.3. The predicted octanol–water partition coefficient (Wildman–Crippen LogP) is 5.80. The fourth-order valence-corrected chi connectivity index (χ4v) is 5.40. The van der Waals surface area contributed by atoms with E-state index in [2.05, 4.69) is 35.7 Å². The number of amides is 2. The highest BCUT2D eigenvalue weighted by Gasteiger charge is 2.20. The maximum absolute atomic E-state index is 12.6. The molecule has 2 N–H and O–H groups in total. The summed E-state index contributed by atoms with van der Waals surface area (Å²) in [5.74, 6) is -1.10. The molecule has 0 aliphatic rings. The van der Waals surface area contributed by atoms with Gasteiger partial charge in [0.05, 0.1) is 4.90 Å². The van der Waals surface area contributed by atoms with Crippen LogP contribution in [-0.4, -0.2) is 27.3 Å². The zero-order chi connectivity index (χ0) is 28.5. The van der Waals surface area contributed by atoms with E-state index in [1.165, 1.54) is 43.0 Å². The van der Waals surface area contributed by atoms with Crippen LogP contribution in [0, 0.1) is 0 Å². The summed E-state index contributed by atoms with van der Waals surface area (Å²) >= 11 is 0. The molecule has 0 spiro atoms. The highest BCUT2D eigenvalue weighted by molar-refractivity contribution is 7.90. The van der Waals surface area contributed by atoms with E-state index in [1.807, 2.05) is 72.3 Å². The molecular weight excluding hydrogens is 520 g/mol. The molecule has 0 aliphatic carbocycles. The van der Waals surface area contributed by atoms with E-state index < -0.39 is 15.9 Å². The van der Waals surface area contributed by atoms with Crippen molar-refractivity contribution >= 4 is 33.5 Å². The lowest BCUT2D eigenvalue weighted by atomic mass is 9.81. The van der Waals surface area contributed by atoms with E-state index in [0.717, 1.165) is 22.3 Å². The number of hydrogen-bond acceptors (Lipinski definition) is 4. The number of rotatable bonds is 9. The Labute approximate surface area is 235 Å². The van der Waals surface area contributed by atoms with Crippen molar-refractivity contribution in [2.45, 2.75) is 17.7 Å². The Hall–Kier alpha value is -4.75. The third kappa shape index (κ3) is 6.81. The van der Waals surface area contributed by atoms with Gasteiger partial charge in [-0.1, -0.05) is 91.0 Å². The third-order valence-electron chi connectivity index (χ3n) is 6.45. The number of carbonyl (C=O) groups excluding carboxylic acids is 2. The van der Waals surface area contributed by atoms with Crippen molar-refractivity contribution in [2.24, 2.45) is 0 Å². The van der Waals surface area contributed by atoms with Gasteiger partial charge in [0, 0.05) is 24.6 Å². The summed E-state index contributed by atoms with van der Waals surface area (Å²) in [5, 5.41) is 2.47. The SMILES string of the molecule is CC=C(c1ccccc1)C(c1ccccc1)c1ccc(C=CC(=O)NS(=O)(=O)c2ccc(C(=O)NC)cc2)cc1. The average Bonchev–Trinajstić information content (AvgIpc) is 2.99. The Morgan fingerprint density at radius 2 is 1.30 bits per heavy atom. The lowest BCUT2D eigenvalue weighted by Crippen LogP contribution is -2.29. The molecule has 0 saturated heterocycles. The Morgan fingerprint density at radius 3 is 1.88 bits per heavy atom. The van der Waals surface area contributed by atoms with E-state index in [0.29, 0.717) is 5.56 Å². The summed E-state index contributed by atoms with van der Waals surface area (Å²) in [6, 6.07) is 33.7. The van der Waals surface area contributed by atoms with Gasteiger partial charge in [-0.15, -0.1) is 0 Å². The summed E-state index contributed by atoms with van der Waals surface area (Å²) in [6.07, 6.45) is 4.88. The third-order valence-corrected chi connectivity index (χ3v) is 7.81. The van der Waals surface area contributed by atoms with E-state index in [-0.39, 0.29) is 16.7 Å². The van der Waals surface area contributed by atoms with Crippen LogP contribution in [0.15, 0.2) is 126 Å². The smallest absolute Gasteiger partial charge is 0.264 e. The van der Waals surface area contributed by atoms with Crippen LogP contribution < -0.4 is 10.0 Å². The zero-order valence-electron chi connectivity index (χ0n) is 22.2. The van der Waals surface area contributed by atoms with Crippen LogP contribution in [0.5, 0.6) is 0 Å². The van der Waals surface area contributed by atoms with Crippen molar-refractivity contribution in [3.05, 3.63) is 149 Å². The second kappa shape index (κ2) is 12.9. The van der Waals surface area contributed by atoms with Gasteiger partial charge in [-0.2, -0.15) is 0 Å². The highest BCUT2D eigenvalue weighted by atomic mass is 32.2. The first-order chi connectivity index (χ1) is 19.3. The van der Waals surface area contributed by atoms with Crippen LogP contribution >= 0.6 is 0 Å². The summed E-state index contributed by atoms with van der Waals surface area (Å²) < 4.78 is 27.2. The number of carbonyl (C=O) groups is 2. The quantitative estimate of drug-likeness (QED) is 0.258. The second-order valence-electron chi connectivity index (χ2n) is 9.03. The van der Waals surface area contributed by atoms with E-state index in [1.54, 1.807) is 6.08 Å². The van der Waals surface area contributed by atoms with Gasteiger partial charge < -0.3 is 5.32 Å². The molecule has 0 radical (unpaired) electrons. The van der Waals surface area contributed by atoms with Crippen LogP contribution in [0.25, 0.3) is 11.6 Å². The molecule has 0 fully saturated rings. The van der Waals surface area contributed by atoms with Crippen molar-refractivity contribution < 1.29 is 18.0 Å². The fraction of sp³-hybridized carbons (Fsp3) is 0.0909. The molecule has 2 amide bonds. The molecular formula is C33H30N2O4S. The average molecular weight is 551 g/mol. The molecule has 1 unspecified atom stereocenters. The first-order valence-corrected chi connectivity index (χ1v) is 14.2. The van der Waals surface area contributed by atoms with Crippen LogP contribution in [0.3, 0.4) is 0 Å². The molecule has 4 aromatic carbocycles. The number of benzene rings is 4. The van der Waals surface area contributed by atoms with Crippen LogP contribution in [0.1, 0.15) is 45.5 Å². The molecule has 7 heteroatoms. The van der Waals surface area contributed by atoms with Gasteiger partial charge >= 0.3 is 0 Å². The van der Waals surface area contributed by atoms with Gasteiger partial charge in [0.1, 0.15) is 0 Å². The van der Waals surface area contributed by atoms with E-state index >= 15 is 0 Å². The molecule has 40 heavy (non-hydrogen) atoms. The van der Waals surface area contributed by atoms with Crippen molar-refractivity contribution in [2.75, 3.05) is 7.05 Å². The number of hydrogen-bond donors (Lipinski definition) is 2. The van der Waals surface area contributed by atoms with Gasteiger partial charge in [0.2, 0.25) is 0 Å². The normalized spacial score (nSPS) is 12.6. The summed E-state index contributed by atoms with van der Waals surface area (Å²) in [6.45, 7) is 2.04. The predicted molar refractivity (Wildman–Crippen MR) is 159 cm³/mol. The fourth-order valence-electron chi connectivity index (χ4n) is 4.45. The van der Waals surface area contributed by atoms with Gasteiger partial charge in [-0.25, -0.2) is 13.1 Å². The van der Waals surface area contributed by atoms with Crippen molar-refractivity contribution in [1.29, 1.82) is 0 Å². The second-order valence-corrected chi connectivity index (χ2v) is 10.7. The molecule has 0 bridgehead atoms. The number of nitrogens with one attached hydrogen (secondary N) is 2. The molecule has 0 aliphatic heterocycles. The lowest BCUT2D eigenvalue weighted by molar-refractivity contribution is -0.114. The number of allylic oxidation sites excluding steroid dienone is 2. The van der Waals surface area contributed by atoms with Gasteiger partial charge in [0.15, 0.2) is 0 Å².